The Hall–Kier alpha value is -2.34. The van der Waals surface area contributed by atoms with E-state index in [2.05, 4.69) is 15.7 Å². The number of aromatic nitrogens is 2. The Labute approximate surface area is 129 Å². The Morgan fingerprint density at radius 2 is 2.09 bits per heavy atom. The van der Waals surface area contributed by atoms with Crippen molar-refractivity contribution in [2.75, 3.05) is 18.5 Å². The van der Waals surface area contributed by atoms with Gasteiger partial charge in [-0.15, -0.1) is 0 Å². The molecule has 0 spiro atoms. The van der Waals surface area contributed by atoms with E-state index < -0.39 is 0 Å². The third-order valence-electron chi connectivity index (χ3n) is 4.04. The summed E-state index contributed by atoms with van der Waals surface area (Å²) in [7, 11) is 1.82. The first-order chi connectivity index (χ1) is 10.6. The van der Waals surface area contributed by atoms with Gasteiger partial charge in [-0.1, -0.05) is 30.3 Å². The van der Waals surface area contributed by atoms with Gasteiger partial charge in [-0.3, -0.25) is 4.68 Å². The molecule has 0 bridgehead atoms. The van der Waals surface area contributed by atoms with E-state index in [-0.39, 0.29) is 18.1 Å². The number of rotatable bonds is 5. The monoisotopic (exact) mass is 300 g/mol. The third kappa shape index (κ3) is 3.12. The molecule has 2 amide bonds. The molecule has 1 aromatic heterocycles. The highest BCUT2D eigenvalue weighted by molar-refractivity contribution is 5.93. The third-order valence-corrected chi connectivity index (χ3v) is 4.04. The van der Waals surface area contributed by atoms with Gasteiger partial charge in [-0.25, -0.2) is 4.79 Å². The summed E-state index contributed by atoms with van der Waals surface area (Å²) in [5, 5.41) is 19.3. The predicted octanol–water partition coefficient (Wildman–Crippen LogP) is 1.98. The van der Waals surface area contributed by atoms with E-state index in [1.54, 1.807) is 10.9 Å². The number of nitrogens with one attached hydrogen (secondary N) is 2. The summed E-state index contributed by atoms with van der Waals surface area (Å²) in [6.07, 6.45) is 3.71. The maximum absolute atomic E-state index is 12.1. The van der Waals surface area contributed by atoms with Gasteiger partial charge in [0.05, 0.1) is 12.3 Å². The van der Waals surface area contributed by atoms with Crippen LogP contribution in [0, 0.1) is 5.41 Å². The van der Waals surface area contributed by atoms with Crippen molar-refractivity contribution in [3.05, 3.63) is 36.5 Å². The SMILES string of the molecule is Cn1cc(NC(=O)NCC2(CO)CC2)c(-c2ccccc2)n1. The average molecular weight is 300 g/mol. The minimum absolute atomic E-state index is 0.103. The van der Waals surface area contributed by atoms with Crippen molar-refractivity contribution in [2.24, 2.45) is 12.5 Å². The minimum atomic E-state index is -0.273. The Morgan fingerprint density at radius 3 is 2.73 bits per heavy atom. The van der Waals surface area contributed by atoms with Crippen LogP contribution in [-0.4, -0.2) is 34.1 Å². The Balaban J connectivity index is 1.69. The highest BCUT2D eigenvalue weighted by Crippen LogP contribution is 2.44. The normalized spacial score (nSPS) is 15.4. The summed E-state index contributed by atoms with van der Waals surface area (Å²) in [6, 6.07) is 9.45. The molecule has 1 aliphatic carbocycles. The standard InChI is InChI=1S/C16H20N4O2/c1-20-9-13(14(19-20)12-5-3-2-4-6-12)18-15(22)17-10-16(11-21)7-8-16/h2-6,9,21H,7-8,10-11H2,1H3,(H2,17,18,22). The van der Waals surface area contributed by atoms with Crippen molar-refractivity contribution >= 4 is 11.7 Å². The molecule has 0 atom stereocenters. The van der Waals surface area contributed by atoms with Crippen LogP contribution in [0.25, 0.3) is 11.3 Å². The number of hydrogen-bond acceptors (Lipinski definition) is 3. The number of amides is 2. The maximum atomic E-state index is 12.1. The molecule has 6 nitrogen and oxygen atoms in total. The largest absolute Gasteiger partial charge is 0.396 e. The molecule has 116 valence electrons. The summed E-state index contributed by atoms with van der Waals surface area (Å²) in [6.45, 7) is 0.617. The van der Waals surface area contributed by atoms with Gasteiger partial charge in [0.2, 0.25) is 0 Å². The van der Waals surface area contributed by atoms with Crippen LogP contribution in [0.2, 0.25) is 0 Å². The number of aliphatic hydroxyl groups is 1. The lowest BCUT2D eigenvalue weighted by molar-refractivity contribution is 0.206. The summed E-state index contributed by atoms with van der Waals surface area (Å²) >= 11 is 0. The van der Waals surface area contributed by atoms with Gasteiger partial charge >= 0.3 is 6.03 Å². The van der Waals surface area contributed by atoms with Gasteiger partial charge in [0.1, 0.15) is 5.69 Å². The molecule has 0 unspecified atom stereocenters. The molecule has 2 aromatic rings. The smallest absolute Gasteiger partial charge is 0.319 e. The second kappa shape index (κ2) is 5.81. The topological polar surface area (TPSA) is 79.2 Å². The van der Waals surface area contributed by atoms with Crippen molar-refractivity contribution in [3.63, 3.8) is 0 Å². The fourth-order valence-corrected chi connectivity index (χ4v) is 2.39. The molecule has 1 fully saturated rings. The Morgan fingerprint density at radius 1 is 1.36 bits per heavy atom. The predicted molar refractivity (Wildman–Crippen MR) is 84.4 cm³/mol. The van der Waals surface area contributed by atoms with Crippen LogP contribution in [0.5, 0.6) is 0 Å². The van der Waals surface area contributed by atoms with Gasteiger partial charge in [0.25, 0.3) is 0 Å². The summed E-state index contributed by atoms with van der Waals surface area (Å²) in [5.41, 5.74) is 2.25. The van der Waals surface area contributed by atoms with Crippen molar-refractivity contribution in [1.29, 1.82) is 0 Å². The van der Waals surface area contributed by atoms with E-state index in [0.717, 1.165) is 24.1 Å². The molecule has 0 aliphatic heterocycles. The molecular weight excluding hydrogens is 280 g/mol. The molecule has 1 saturated carbocycles. The lowest BCUT2D eigenvalue weighted by Gasteiger charge is -2.13. The number of aliphatic hydroxyl groups excluding tert-OH is 1. The number of hydrogen-bond donors (Lipinski definition) is 3. The second-order valence-electron chi connectivity index (χ2n) is 5.90. The average Bonchev–Trinajstić information content (AvgIpc) is 3.23. The number of aryl methyl sites for hydroxylation is 1. The summed E-state index contributed by atoms with van der Waals surface area (Å²) in [5.74, 6) is 0. The zero-order valence-corrected chi connectivity index (χ0v) is 12.5. The molecule has 6 heteroatoms. The number of nitrogens with zero attached hydrogens (tertiary/aromatic N) is 2. The molecule has 0 saturated heterocycles. The Kier molecular flexibility index (Phi) is 3.85. The number of carbonyl (C=O) groups is 1. The molecular formula is C16H20N4O2. The number of benzene rings is 1. The molecule has 3 rings (SSSR count). The summed E-state index contributed by atoms with van der Waals surface area (Å²) in [4.78, 5) is 12.1. The van der Waals surface area contributed by atoms with E-state index in [9.17, 15) is 9.90 Å². The van der Waals surface area contributed by atoms with Crippen LogP contribution in [0.1, 0.15) is 12.8 Å². The van der Waals surface area contributed by atoms with Crippen LogP contribution in [0.3, 0.4) is 0 Å². The lowest BCUT2D eigenvalue weighted by atomic mass is 10.1. The van der Waals surface area contributed by atoms with Crippen LogP contribution in [0.15, 0.2) is 36.5 Å². The zero-order chi connectivity index (χ0) is 15.6. The molecule has 1 aliphatic rings. The highest BCUT2D eigenvalue weighted by Gasteiger charge is 2.42. The van der Waals surface area contributed by atoms with E-state index in [1.165, 1.54) is 0 Å². The van der Waals surface area contributed by atoms with E-state index >= 15 is 0 Å². The fraction of sp³-hybridized carbons (Fsp3) is 0.375. The van der Waals surface area contributed by atoms with Crippen molar-refractivity contribution in [1.82, 2.24) is 15.1 Å². The minimum Gasteiger partial charge on any atom is -0.396 e. The number of anilines is 1. The van der Waals surface area contributed by atoms with Crippen LogP contribution >= 0.6 is 0 Å². The van der Waals surface area contributed by atoms with Crippen LogP contribution < -0.4 is 10.6 Å². The molecule has 22 heavy (non-hydrogen) atoms. The van der Waals surface area contributed by atoms with Crippen molar-refractivity contribution < 1.29 is 9.90 Å². The lowest BCUT2D eigenvalue weighted by Crippen LogP contribution is -2.35. The van der Waals surface area contributed by atoms with Gasteiger partial charge in [-0.05, 0) is 12.8 Å². The van der Waals surface area contributed by atoms with Crippen LogP contribution in [0.4, 0.5) is 10.5 Å². The molecule has 0 radical (unpaired) electrons. The van der Waals surface area contributed by atoms with Crippen molar-refractivity contribution in [2.45, 2.75) is 12.8 Å². The first-order valence-electron chi connectivity index (χ1n) is 7.37. The van der Waals surface area contributed by atoms with E-state index in [4.69, 9.17) is 0 Å². The maximum Gasteiger partial charge on any atom is 0.319 e. The zero-order valence-electron chi connectivity index (χ0n) is 12.5. The first kappa shape index (κ1) is 14.6. The van der Waals surface area contributed by atoms with E-state index in [0.29, 0.717) is 12.2 Å². The molecule has 1 heterocycles. The molecule has 3 N–H and O–H groups in total. The van der Waals surface area contributed by atoms with Gasteiger partial charge in [0.15, 0.2) is 0 Å². The summed E-state index contributed by atoms with van der Waals surface area (Å²) < 4.78 is 1.67. The first-order valence-corrected chi connectivity index (χ1v) is 7.37. The van der Waals surface area contributed by atoms with Gasteiger partial charge in [-0.2, -0.15) is 5.10 Å². The van der Waals surface area contributed by atoms with E-state index in [1.807, 2.05) is 37.4 Å². The van der Waals surface area contributed by atoms with Gasteiger partial charge < -0.3 is 15.7 Å². The second-order valence-corrected chi connectivity index (χ2v) is 5.90. The van der Waals surface area contributed by atoms with Crippen molar-refractivity contribution in [3.8, 4) is 11.3 Å². The highest BCUT2D eigenvalue weighted by atomic mass is 16.3. The van der Waals surface area contributed by atoms with Crippen LogP contribution in [-0.2, 0) is 7.05 Å². The Bertz CT molecular complexity index is 662. The number of urea groups is 1. The quantitative estimate of drug-likeness (QED) is 0.790. The van der Waals surface area contributed by atoms with Gasteiger partial charge in [0, 0.05) is 30.8 Å². The molecule has 1 aromatic carbocycles. The number of carbonyl (C=O) groups excluding carboxylic acids is 1. The fourth-order valence-electron chi connectivity index (χ4n) is 2.39.